The third kappa shape index (κ3) is 18.6. The fourth-order valence-corrected chi connectivity index (χ4v) is 9.78. The van der Waals surface area contributed by atoms with Crippen molar-refractivity contribution >= 4 is 38.1 Å². The second kappa shape index (κ2) is 24.1. The van der Waals surface area contributed by atoms with Gasteiger partial charge in [-0.3, -0.25) is 0 Å². The highest BCUT2D eigenvalue weighted by Gasteiger charge is 2.47. The van der Waals surface area contributed by atoms with Crippen LogP contribution in [0.5, 0.6) is 0 Å². The number of primary sulfonamides is 2. The van der Waals surface area contributed by atoms with Crippen LogP contribution < -0.4 is 21.3 Å². The lowest BCUT2D eigenvalue weighted by Crippen LogP contribution is -2.48. The Labute approximate surface area is 410 Å². The highest BCUT2D eigenvalue weighted by molar-refractivity contribution is 7.89. The lowest BCUT2D eigenvalue weighted by atomic mass is 9.86. The number of nitrogens with two attached hydrogens (primary N) is 3. The summed E-state index contributed by atoms with van der Waals surface area (Å²) in [6.07, 6.45) is 6.90. The van der Waals surface area contributed by atoms with Gasteiger partial charge in [0.1, 0.15) is 17.0 Å². The number of aromatic nitrogens is 2. The van der Waals surface area contributed by atoms with Gasteiger partial charge in [-0.2, -0.15) is 4.39 Å². The summed E-state index contributed by atoms with van der Waals surface area (Å²) in [5.74, 6) is 0.445. The topological polar surface area (TPSA) is 243 Å². The van der Waals surface area contributed by atoms with Gasteiger partial charge in [-0.25, -0.2) is 46.7 Å². The van der Waals surface area contributed by atoms with Gasteiger partial charge >= 0.3 is 12.2 Å². The maximum atomic E-state index is 13.1. The molecule has 16 nitrogen and oxygen atoms in total. The van der Waals surface area contributed by atoms with Gasteiger partial charge in [-0.05, 0) is 161 Å². The Kier molecular flexibility index (Phi) is 19.7. The number of anilines is 1. The average Bonchev–Trinajstić information content (AvgIpc) is 3.76. The smallest absolute Gasteiger partial charge is 0.410 e. The van der Waals surface area contributed by atoms with E-state index in [0.29, 0.717) is 37.3 Å². The molecule has 7 N–H and O–H groups in total. The predicted molar refractivity (Wildman–Crippen MR) is 269 cm³/mol. The molecule has 382 valence electrons. The molecule has 2 aromatic heterocycles. The van der Waals surface area contributed by atoms with E-state index in [1.165, 1.54) is 23.3 Å². The molecule has 2 amide bonds. The van der Waals surface area contributed by atoms with Crippen LogP contribution in [0.4, 0.5) is 19.8 Å². The molecule has 2 aliphatic heterocycles. The van der Waals surface area contributed by atoms with E-state index in [1.807, 2.05) is 75.6 Å². The molecule has 0 spiro atoms. The molecule has 2 saturated heterocycles. The SMILES string of the molecule is CC(C)(C)OC(=O)N1CC(CCCN)CC1(C)Cc1ccccc1.CC(C)(C)OC(=O)N1CC(CCCNc2cccc(S(N)(=O)=O)n2)CC1(C)Cc1ccccc1.NS(=O)(=O)c1cccc(F)n1.[HH]. The first kappa shape index (κ1) is 56.4. The zero-order valence-electron chi connectivity index (χ0n) is 41.4. The van der Waals surface area contributed by atoms with Gasteiger partial charge in [0.05, 0.1) is 0 Å². The molecule has 4 unspecified atom stereocenters. The number of carbonyl (C=O) groups excluding carboxylic acids is 2. The van der Waals surface area contributed by atoms with E-state index in [9.17, 15) is 30.8 Å². The van der Waals surface area contributed by atoms with E-state index in [2.05, 4.69) is 70.7 Å². The number of hydrogen-bond acceptors (Lipinski definition) is 12. The van der Waals surface area contributed by atoms with Crippen molar-refractivity contribution in [1.82, 2.24) is 19.8 Å². The molecule has 0 saturated carbocycles. The Morgan fingerprint density at radius 2 is 1.10 bits per heavy atom. The summed E-state index contributed by atoms with van der Waals surface area (Å²) in [5, 5.41) is 12.4. The van der Waals surface area contributed by atoms with Crippen molar-refractivity contribution in [3.05, 3.63) is 114 Å². The Morgan fingerprint density at radius 1 is 0.681 bits per heavy atom. The minimum Gasteiger partial charge on any atom is -0.444 e. The van der Waals surface area contributed by atoms with Crippen molar-refractivity contribution < 1.29 is 41.7 Å². The normalized spacial score (nSPS) is 20.5. The largest absolute Gasteiger partial charge is 0.444 e. The molecule has 0 aliphatic carbocycles. The Bertz CT molecular complexity index is 2520. The number of carbonyl (C=O) groups is 2. The van der Waals surface area contributed by atoms with Crippen molar-refractivity contribution in [2.45, 2.75) is 139 Å². The Morgan fingerprint density at radius 3 is 1.49 bits per heavy atom. The van der Waals surface area contributed by atoms with Gasteiger partial charge in [-0.1, -0.05) is 72.8 Å². The number of benzene rings is 2. The van der Waals surface area contributed by atoms with Crippen molar-refractivity contribution in [3.63, 3.8) is 0 Å². The lowest BCUT2D eigenvalue weighted by Gasteiger charge is -2.36. The van der Waals surface area contributed by atoms with E-state index in [4.69, 9.17) is 20.3 Å². The summed E-state index contributed by atoms with van der Waals surface area (Å²) < 4.78 is 67.7. The first-order chi connectivity index (χ1) is 32.1. The summed E-state index contributed by atoms with van der Waals surface area (Å²) >= 11 is 0. The minimum atomic E-state index is -3.88. The van der Waals surface area contributed by atoms with Crippen LogP contribution in [0.2, 0.25) is 0 Å². The second-order valence-corrected chi connectivity index (χ2v) is 23.4. The van der Waals surface area contributed by atoms with Crippen LogP contribution >= 0.6 is 0 Å². The number of hydrogen-bond donors (Lipinski definition) is 4. The number of pyridine rings is 2. The van der Waals surface area contributed by atoms with Crippen LogP contribution in [-0.4, -0.2) is 97.2 Å². The maximum absolute atomic E-state index is 13.1. The average molecular weight is 999 g/mol. The summed E-state index contributed by atoms with van der Waals surface area (Å²) in [5.41, 5.74) is 6.57. The fraction of sp³-hybridized carbons (Fsp3) is 0.520. The summed E-state index contributed by atoms with van der Waals surface area (Å²) in [4.78, 5) is 36.8. The molecular weight excluding hydrogens is 924 g/mol. The van der Waals surface area contributed by atoms with Crippen molar-refractivity contribution in [3.8, 4) is 0 Å². The number of ether oxygens (including phenoxy) is 2. The molecule has 2 aromatic carbocycles. The molecule has 0 radical (unpaired) electrons. The van der Waals surface area contributed by atoms with Gasteiger partial charge in [0.15, 0.2) is 10.1 Å². The molecule has 6 rings (SSSR count). The predicted octanol–water partition coefficient (Wildman–Crippen LogP) is 8.28. The molecule has 19 heteroatoms. The minimum absolute atomic E-state index is 0. The molecule has 0 bridgehead atoms. The zero-order valence-corrected chi connectivity index (χ0v) is 43.0. The first-order valence-corrected chi connectivity index (χ1v) is 26.4. The molecule has 2 aliphatic rings. The van der Waals surface area contributed by atoms with E-state index >= 15 is 0 Å². The fourth-order valence-electron chi connectivity index (χ4n) is 8.80. The molecule has 2 fully saturated rings. The van der Waals surface area contributed by atoms with Crippen LogP contribution in [0, 0.1) is 17.8 Å². The number of halogens is 1. The number of amides is 2. The number of likely N-dealkylation sites (tertiary alicyclic amines) is 2. The van der Waals surface area contributed by atoms with E-state index < -0.39 is 42.2 Å². The van der Waals surface area contributed by atoms with Crippen LogP contribution in [0.3, 0.4) is 0 Å². The Hall–Kier alpha value is -5.21. The summed E-state index contributed by atoms with van der Waals surface area (Å²) in [7, 11) is -7.71. The van der Waals surface area contributed by atoms with E-state index in [1.54, 1.807) is 12.1 Å². The van der Waals surface area contributed by atoms with Gasteiger partial charge in [0.2, 0.25) is 5.95 Å². The number of nitrogens with one attached hydrogen (secondary N) is 1. The van der Waals surface area contributed by atoms with Crippen molar-refractivity contribution in [1.29, 1.82) is 0 Å². The molecule has 4 atom stereocenters. The first-order valence-electron chi connectivity index (χ1n) is 23.3. The third-order valence-electron chi connectivity index (χ3n) is 11.6. The molecule has 69 heavy (non-hydrogen) atoms. The highest BCUT2D eigenvalue weighted by Crippen LogP contribution is 2.40. The third-order valence-corrected chi connectivity index (χ3v) is 13.3. The lowest BCUT2D eigenvalue weighted by molar-refractivity contribution is 0.00927. The van der Waals surface area contributed by atoms with Crippen LogP contribution in [0.1, 0.15) is 106 Å². The second-order valence-electron chi connectivity index (χ2n) is 20.4. The molecule has 4 heterocycles. The quantitative estimate of drug-likeness (QED) is 0.0689. The highest BCUT2D eigenvalue weighted by atomic mass is 32.2. The van der Waals surface area contributed by atoms with Crippen molar-refractivity contribution in [2.75, 3.05) is 31.5 Å². The number of sulfonamides is 2. The summed E-state index contributed by atoms with van der Waals surface area (Å²) in [6, 6.07) is 28.7. The van der Waals surface area contributed by atoms with Gasteiger partial charge in [0.25, 0.3) is 20.0 Å². The maximum Gasteiger partial charge on any atom is 0.410 e. The van der Waals surface area contributed by atoms with Gasteiger partial charge < -0.3 is 30.3 Å². The Balaban J connectivity index is 0.000000311. The van der Waals surface area contributed by atoms with Crippen molar-refractivity contribution in [2.24, 2.45) is 27.8 Å². The number of nitrogens with zero attached hydrogens (tertiary/aromatic N) is 4. The van der Waals surface area contributed by atoms with Crippen LogP contribution in [-0.2, 0) is 42.4 Å². The van der Waals surface area contributed by atoms with Gasteiger partial charge in [-0.15, -0.1) is 0 Å². The summed E-state index contributed by atoms with van der Waals surface area (Å²) in [6.45, 7) is 18.5. The van der Waals surface area contributed by atoms with E-state index in [0.717, 1.165) is 70.0 Å². The van der Waals surface area contributed by atoms with Crippen LogP contribution in [0.15, 0.2) is 107 Å². The zero-order chi connectivity index (χ0) is 51.3. The molecule has 4 aromatic rings. The van der Waals surface area contributed by atoms with Gasteiger partial charge in [0, 0.05) is 32.1 Å². The standard InChI is InChI=1S/C25H36N4O4S.C20H32N2O2.C5H5FN2O2S.H2/c1-24(2,3)33-23(30)29-18-20(17-25(29,4)16-19-10-6-5-7-11-19)12-9-15-27-21-13-8-14-22(28-21)34(26,31)32;1-19(2,3)24-18(23)22-15-17(11-8-12-21)14-20(22,4)13-16-9-6-5-7-10-16;6-4-2-1-3-5(8-4)11(7,9)10;/h5-8,10-11,13-14,20H,9,12,15-18H2,1-4H3,(H,27,28)(H2,26,31,32);5-7,9-10,17H,8,11-15,21H2,1-4H3;1-3H,(H2,7,9,10);1H. The monoisotopic (exact) mass is 999 g/mol. The van der Waals surface area contributed by atoms with Crippen LogP contribution in [0.25, 0.3) is 0 Å². The van der Waals surface area contributed by atoms with E-state index in [-0.39, 0.29) is 29.7 Å². The number of rotatable bonds is 14. The molecular formula is C50H75FN8O8S2.